The largest absolute Gasteiger partial charge is 0.462 e. The second-order valence-corrected chi connectivity index (χ2v) is 6.47. The molecule has 0 aliphatic rings. The number of hydrogen-bond donors (Lipinski definition) is 0. The number of carbonyl (C=O) groups is 1. The lowest BCUT2D eigenvalue weighted by atomic mass is 10.1. The Kier molecular flexibility index (Phi) is 5.39. The number of rotatable bonds is 4. The van der Waals surface area contributed by atoms with Gasteiger partial charge >= 0.3 is 18.3 Å². The molecule has 3 aromatic rings. The van der Waals surface area contributed by atoms with Crippen molar-refractivity contribution in [3.63, 3.8) is 0 Å². The van der Waals surface area contributed by atoms with E-state index in [9.17, 15) is 31.1 Å². The molecule has 154 valence electrons. The Bertz CT molecular complexity index is 1040. The molecule has 0 saturated heterocycles. The third-order valence-electron chi connectivity index (χ3n) is 3.69. The maximum Gasteiger partial charge on any atom is 0.434 e. The van der Waals surface area contributed by atoms with E-state index in [-0.39, 0.29) is 23.0 Å². The van der Waals surface area contributed by atoms with Crippen molar-refractivity contribution in [3.05, 3.63) is 52.7 Å². The Hall–Kier alpha value is -2.89. The van der Waals surface area contributed by atoms with E-state index in [0.29, 0.717) is 10.9 Å². The molecule has 0 amide bonds. The molecule has 29 heavy (non-hydrogen) atoms. The van der Waals surface area contributed by atoms with Gasteiger partial charge in [0.25, 0.3) is 0 Å². The van der Waals surface area contributed by atoms with Gasteiger partial charge in [0.15, 0.2) is 5.69 Å². The van der Waals surface area contributed by atoms with E-state index in [1.807, 2.05) is 0 Å². The Morgan fingerprint density at radius 1 is 1.17 bits per heavy atom. The summed E-state index contributed by atoms with van der Waals surface area (Å²) in [7, 11) is 0. The van der Waals surface area contributed by atoms with E-state index in [0.717, 1.165) is 23.5 Å². The molecule has 0 bridgehead atoms. The third kappa shape index (κ3) is 4.26. The van der Waals surface area contributed by atoms with Crippen molar-refractivity contribution in [2.24, 2.45) is 0 Å². The van der Waals surface area contributed by atoms with E-state index < -0.39 is 35.1 Å². The number of hydrogen-bond acceptors (Lipinski definition) is 5. The molecule has 0 aliphatic carbocycles. The Balaban J connectivity index is 2.05. The number of carbonyl (C=O) groups excluding carboxylic acids is 1. The van der Waals surface area contributed by atoms with Gasteiger partial charge in [-0.05, 0) is 19.1 Å². The number of benzene rings is 1. The number of ether oxygens (including phenoxy) is 1. The lowest BCUT2D eigenvalue weighted by molar-refractivity contribution is -0.143. The molecule has 1 aromatic carbocycles. The van der Waals surface area contributed by atoms with Gasteiger partial charge in [-0.2, -0.15) is 31.4 Å². The van der Waals surface area contributed by atoms with Crippen LogP contribution in [-0.4, -0.2) is 27.3 Å². The van der Waals surface area contributed by atoms with Gasteiger partial charge < -0.3 is 4.74 Å². The van der Waals surface area contributed by atoms with E-state index >= 15 is 0 Å². The van der Waals surface area contributed by atoms with Gasteiger partial charge in [-0.3, -0.25) is 0 Å². The van der Waals surface area contributed by atoms with E-state index in [2.05, 4.69) is 14.8 Å². The number of alkyl halides is 6. The van der Waals surface area contributed by atoms with Gasteiger partial charge in [-0.1, -0.05) is 12.1 Å². The van der Waals surface area contributed by atoms with Gasteiger partial charge in [-0.25, -0.2) is 14.5 Å². The monoisotopic (exact) mass is 435 g/mol. The minimum atomic E-state index is -4.94. The summed E-state index contributed by atoms with van der Waals surface area (Å²) in [6.45, 7) is 1.32. The molecule has 2 heterocycles. The van der Waals surface area contributed by atoms with Crippen LogP contribution < -0.4 is 0 Å². The highest BCUT2D eigenvalue weighted by atomic mass is 32.1. The van der Waals surface area contributed by atoms with E-state index in [4.69, 9.17) is 0 Å². The topological polar surface area (TPSA) is 57.0 Å². The van der Waals surface area contributed by atoms with Crippen LogP contribution in [0, 0.1) is 0 Å². The van der Waals surface area contributed by atoms with E-state index in [1.54, 1.807) is 0 Å². The Labute approximate surface area is 163 Å². The lowest BCUT2D eigenvalue weighted by Gasteiger charge is -2.10. The molecule has 0 N–H and O–H groups in total. The van der Waals surface area contributed by atoms with E-state index in [1.165, 1.54) is 24.4 Å². The number of nitrogens with zero attached hydrogens (tertiary/aromatic N) is 3. The summed E-state index contributed by atoms with van der Waals surface area (Å²) in [6, 6.07) is 4.24. The fraction of sp³-hybridized carbons (Fsp3) is 0.235. The Morgan fingerprint density at radius 3 is 2.52 bits per heavy atom. The van der Waals surface area contributed by atoms with Crippen LogP contribution in [0.15, 0.2) is 35.8 Å². The summed E-state index contributed by atoms with van der Waals surface area (Å²) in [6.07, 6.45) is -8.80. The van der Waals surface area contributed by atoms with Crippen LogP contribution in [-0.2, 0) is 17.1 Å². The van der Waals surface area contributed by atoms with Crippen molar-refractivity contribution in [1.82, 2.24) is 14.8 Å². The van der Waals surface area contributed by atoms with Crippen molar-refractivity contribution in [2.45, 2.75) is 19.3 Å². The fourth-order valence-corrected chi connectivity index (χ4v) is 3.27. The number of halogens is 6. The fourth-order valence-electron chi connectivity index (χ4n) is 2.47. The zero-order valence-corrected chi connectivity index (χ0v) is 15.3. The van der Waals surface area contributed by atoms with Crippen LogP contribution in [0.4, 0.5) is 26.3 Å². The highest BCUT2D eigenvalue weighted by Crippen LogP contribution is 2.36. The van der Waals surface area contributed by atoms with Crippen molar-refractivity contribution in [2.75, 3.05) is 6.61 Å². The second kappa shape index (κ2) is 7.50. The first-order valence-corrected chi connectivity index (χ1v) is 8.86. The average Bonchev–Trinajstić information content (AvgIpc) is 3.28. The maximum atomic E-state index is 13.5. The van der Waals surface area contributed by atoms with Crippen molar-refractivity contribution < 1.29 is 35.9 Å². The molecule has 0 unspecified atom stereocenters. The predicted molar refractivity (Wildman–Crippen MR) is 90.6 cm³/mol. The number of esters is 1. The number of thiazole rings is 1. The molecule has 5 nitrogen and oxygen atoms in total. The highest BCUT2D eigenvalue weighted by molar-refractivity contribution is 7.12. The molecular weight excluding hydrogens is 424 g/mol. The zero-order chi connectivity index (χ0) is 21.4. The highest BCUT2D eigenvalue weighted by Gasteiger charge is 2.41. The molecule has 12 heteroatoms. The van der Waals surface area contributed by atoms with Crippen LogP contribution in [0.3, 0.4) is 0 Å². The lowest BCUT2D eigenvalue weighted by Crippen LogP contribution is -2.18. The van der Waals surface area contributed by atoms with Crippen LogP contribution in [0.1, 0.15) is 28.5 Å². The van der Waals surface area contributed by atoms with Crippen LogP contribution in [0.5, 0.6) is 0 Å². The zero-order valence-electron chi connectivity index (χ0n) is 14.5. The molecule has 0 aliphatic heterocycles. The summed E-state index contributed by atoms with van der Waals surface area (Å²) in [5.41, 5.74) is -2.95. The normalized spacial score (nSPS) is 12.2. The maximum absolute atomic E-state index is 13.5. The SMILES string of the molecule is CCOC(=O)c1cnn(-c2nc(-c3cccc(C(F)(F)F)c3)cs2)c1C(F)(F)F. The molecule has 0 fully saturated rings. The molecular formula is C17H11F6N3O2S. The first kappa shape index (κ1) is 20.8. The van der Waals surface area contributed by atoms with Gasteiger partial charge in [0.05, 0.1) is 24.1 Å². The summed E-state index contributed by atoms with van der Waals surface area (Å²) in [5.74, 6) is -1.19. The van der Waals surface area contributed by atoms with Crippen molar-refractivity contribution in [1.29, 1.82) is 0 Å². The summed E-state index contributed by atoms with van der Waals surface area (Å²) < 4.78 is 84.3. The smallest absolute Gasteiger partial charge is 0.434 e. The first-order valence-electron chi connectivity index (χ1n) is 7.98. The minimum Gasteiger partial charge on any atom is -0.462 e. The quantitative estimate of drug-likeness (QED) is 0.417. The molecule has 0 radical (unpaired) electrons. The molecule has 3 rings (SSSR count). The van der Waals surface area contributed by atoms with Gasteiger partial charge in [-0.15, -0.1) is 11.3 Å². The number of aromatic nitrogens is 3. The van der Waals surface area contributed by atoms with Crippen molar-refractivity contribution >= 4 is 17.3 Å². The van der Waals surface area contributed by atoms with Crippen LogP contribution in [0.25, 0.3) is 16.4 Å². The molecule has 0 spiro atoms. The standard InChI is InChI=1S/C17H11F6N3O2S/c1-2-28-14(27)11-7-24-26(13(11)17(21,22)23)15-25-12(8-29-15)9-4-3-5-10(6-9)16(18,19)20/h3-8H,2H2,1H3. The Morgan fingerprint density at radius 2 is 1.90 bits per heavy atom. The minimum absolute atomic E-state index is 0.0393. The predicted octanol–water partition coefficient (Wildman–Crippen LogP) is 5.21. The van der Waals surface area contributed by atoms with Crippen LogP contribution >= 0.6 is 11.3 Å². The summed E-state index contributed by atoms with van der Waals surface area (Å²) in [5, 5.41) is 4.62. The van der Waals surface area contributed by atoms with Gasteiger partial charge in [0, 0.05) is 10.9 Å². The third-order valence-corrected chi connectivity index (χ3v) is 4.51. The molecule has 0 atom stereocenters. The molecule has 2 aromatic heterocycles. The van der Waals surface area contributed by atoms with Gasteiger partial charge in [0.2, 0.25) is 5.13 Å². The summed E-state index contributed by atoms with van der Waals surface area (Å²) >= 11 is 0.735. The molecule has 0 saturated carbocycles. The summed E-state index contributed by atoms with van der Waals surface area (Å²) in [4.78, 5) is 15.8. The average molecular weight is 435 g/mol. The van der Waals surface area contributed by atoms with Crippen molar-refractivity contribution in [3.8, 4) is 16.4 Å². The van der Waals surface area contributed by atoms with Crippen LogP contribution in [0.2, 0.25) is 0 Å². The first-order chi connectivity index (χ1) is 13.5. The van der Waals surface area contributed by atoms with Gasteiger partial charge in [0.1, 0.15) is 5.56 Å². The second-order valence-electron chi connectivity index (χ2n) is 5.63.